The van der Waals surface area contributed by atoms with E-state index in [1.807, 2.05) is 36.6 Å². The minimum absolute atomic E-state index is 0.105. The summed E-state index contributed by atoms with van der Waals surface area (Å²) in [5.74, 6) is -0.458. The van der Waals surface area contributed by atoms with Crippen LogP contribution < -0.4 is 5.32 Å². The van der Waals surface area contributed by atoms with Gasteiger partial charge in [0.2, 0.25) is 0 Å². The molecular formula is C17H14ClN3O2S. The maximum atomic E-state index is 11.9. The molecule has 7 heteroatoms. The summed E-state index contributed by atoms with van der Waals surface area (Å²) in [6.07, 6.45) is 1.39. The predicted molar refractivity (Wildman–Crippen MR) is 94.9 cm³/mol. The van der Waals surface area contributed by atoms with Crippen molar-refractivity contribution in [2.24, 2.45) is 0 Å². The van der Waals surface area contributed by atoms with Crippen molar-refractivity contribution >= 4 is 39.7 Å². The number of aryl methyl sites for hydroxylation is 1. The van der Waals surface area contributed by atoms with E-state index >= 15 is 0 Å². The van der Waals surface area contributed by atoms with Crippen LogP contribution >= 0.6 is 22.9 Å². The Morgan fingerprint density at radius 3 is 2.75 bits per heavy atom. The van der Waals surface area contributed by atoms with Gasteiger partial charge >= 0.3 is 5.97 Å². The van der Waals surface area contributed by atoms with E-state index in [9.17, 15) is 4.79 Å². The number of benzene rings is 1. The van der Waals surface area contributed by atoms with Crippen molar-refractivity contribution < 1.29 is 9.53 Å². The molecule has 0 radical (unpaired) electrons. The Labute approximate surface area is 148 Å². The number of nitrogens with zero attached hydrogens (tertiary/aromatic N) is 2. The van der Waals surface area contributed by atoms with Crippen molar-refractivity contribution in [2.75, 3.05) is 5.32 Å². The molecule has 0 saturated carbocycles. The molecule has 122 valence electrons. The van der Waals surface area contributed by atoms with Crippen LogP contribution in [0.4, 0.5) is 10.8 Å². The number of carbonyl (C=O) groups is 1. The van der Waals surface area contributed by atoms with Crippen LogP contribution in [-0.2, 0) is 11.3 Å². The Hall–Kier alpha value is -2.44. The summed E-state index contributed by atoms with van der Waals surface area (Å²) in [4.78, 5) is 20.2. The summed E-state index contributed by atoms with van der Waals surface area (Å²) in [5, 5.41) is 6.15. The highest BCUT2D eigenvalue weighted by Crippen LogP contribution is 2.21. The van der Waals surface area contributed by atoms with Gasteiger partial charge in [-0.25, -0.2) is 14.8 Å². The van der Waals surface area contributed by atoms with Crippen LogP contribution in [0.15, 0.2) is 48.0 Å². The lowest BCUT2D eigenvalue weighted by Crippen LogP contribution is -2.05. The summed E-state index contributed by atoms with van der Waals surface area (Å²) < 4.78 is 5.23. The highest BCUT2D eigenvalue weighted by Gasteiger charge is 2.10. The summed E-state index contributed by atoms with van der Waals surface area (Å²) in [6.45, 7) is 2.14. The van der Waals surface area contributed by atoms with E-state index in [0.717, 1.165) is 10.8 Å². The first kappa shape index (κ1) is 16.4. The zero-order valence-electron chi connectivity index (χ0n) is 12.8. The fourth-order valence-corrected chi connectivity index (χ4v) is 2.74. The van der Waals surface area contributed by atoms with E-state index in [4.69, 9.17) is 16.3 Å². The predicted octanol–water partition coefficient (Wildman–Crippen LogP) is 4.60. The molecule has 0 aliphatic heterocycles. The first-order valence-electron chi connectivity index (χ1n) is 7.17. The summed E-state index contributed by atoms with van der Waals surface area (Å²) >= 11 is 7.14. The third-order valence-corrected chi connectivity index (χ3v) is 4.20. The average Bonchev–Trinajstić information content (AvgIpc) is 3.03. The topological polar surface area (TPSA) is 64.1 Å². The quantitative estimate of drug-likeness (QED) is 0.532. The molecule has 0 atom stereocenters. The Morgan fingerprint density at radius 1 is 1.25 bits per heavy atom. The summed E-state index contributed by atoms with van der Waals surface area (Å²) in [7, 11) is 0. The van der Waals surface area contributed by atoms with Gasteiger partial charge in [-0.1, -0.05) is 29.3 Å². The number of hydrogen-bond acceptors (Lipinski definition) is 6. The molecule has 0 aliphatic rings. The molecule has 0 aliphatic carbocycles. The zero-order valence-corrected chi connectivity index (χ0v) is 14.4. The number of anilines is 2. The monoisotopic (exact) mass is 359 g/mol. The second kappa shape index (κ2) is 7.42. The number of rotatable bonds is 5. The van der Waals surface area contributed by atoms with Crippen LogP contribution in [0.25, 0.3) is 0 Å². The van der Waals surface area contributed by atoms with Crippen LogP contribution in [-0.4, -0.2) is 15.9 Å². The normalized spacial score (nSPS) is 10.4. The van der Waals surface area contributed by atoms with Gasteiger partial charge in [0.1, 0.15) is 11.8 Å². The van der Waals surface area contributed by atoms with E-state index in [1.54, 1.807) is 12.1 Å². The van der Waals surface area contributed by atoms with Crippen LogP contribution in [0.3, 0.4) is 0 Å². The number of aromatic nitrogens is 2. The van der Waals surface area contributed by atoms with Crippen LogP contribution in [0, 0.1) is 6.92 Å². The van der Waals surface area contributed by atoms with Crippen molar-refractivity contribution in [1.29, 1.82) is 0 Å². The number of carbonyl (C=O) groups excluding carboxylic acids is 1. The van der Waals surface area contributed by atoms with Gasteiger partial charge in [-0.3, -0.25) is 0 Å². The SMILES string of the molecule is Cc1ccc(Nc2nc(COC(=O)c3ccc(Cl)nc3)cs2)cc1. The standard InChI is InChI=1S/C17H14ClN3O2S/c1-11-2-5-13(6-3-11)20-17-21-14(10-24-17)9-23-16(22)12-4-7-15(18)19-8-12/h2-8,10H,9H2,1H3,(H,20,21). The third-order valence-electron chi connectivity index (χ3n) is 3.17. The van der Waals surface area contributed by atoms with Gasteiger partial charge in [-0.15, -0.1) is 11.3 Å². The minimum Gasteiger partial charge on any atom is -0.456 e. The van der Waals surface area contributed by atoms with Gasteiger partial charge in [0, 0.05) is 17.3 Å². The molecule has 0 saturated heterocycles. The highest BCUT2D eigenvalue weighted by atomic mass is 35.5. The van der Waals surface area contributed by atoms with Gasteiger partial charge in [-0.2, -0.15) is 0 Å². The van der Waals surface area contributed by atoms with Gasteiger partial charge in [0.15, 0.2) is 5.13 Å². The molecule has 0 unspecified atom stereocenters. The minimum atomic E-state index is -0.458. The number of esters is 1. The Balaban J connectivity index is 1.56. The number of pyridine rings is 1. The van der Waals surface area contributed by atoms with Gasteiger partial charge in [0.25, 0.3) is 0 Å². The lowest BCUT2D eigenvalue weighted by molar-refractivity contribution is 0.0468. The molecular weight excluding hydrogens is 346 g/mol. The number of hydrogen-bond donors (Lipinski definition) is 1. The van der Waals surface area contributed by atoms with E-state index < -0.39 is 5.97 Å². The molecule has 3 aromatic rings. The average molecular weight is 360 g/mol. The van der Waals surface area contributed by atoms with Crippen LogP contribution in [0.1, 0.15) is 21.6 Å². The van der Waals surface area contributed by atoms with Crippen LogP contribution in [0.2, 0.25) is 5.15 Å². The lowest BCUT2D eigenvalue weighted by Gasteiger charge is -2.03. The molecule has 5 nitrogen and oxygen atoms in total. The molecule has 3 rings (SSSR count). The molecule has 24 heavy (non-hydrogen) atoms. The molecule has 0 spiro atoms. The van der Waals surface area contributed by atoms with E-state index in [-0.39, 0.29) is 6.61 Å². The Bertz CT molecular complexity index is 832. The second-order valence-electron chi connectivity index (χ2n) is 5.08. The van der Waals surface area contributed by atoms with Crippen molar-refractivity contribution in [3.8, 4) is 0 Å². The fraction of sp³-hybridized carbons (Fsp3) is 0.118. The van der Waals surface area contributed by atoms with E-state index in [0.29, 0.717) is 16.4 Å². The Kier molecular flexibility index (Phi) is 5.08. The molecule has 1 aromatic carbocycles. The van der Waals surface area contributed by atoms with Crippen molar-refractivity contribution in [3.63, 3.8) is 0 Å². The summed E-state index contributed by atoms with van der Waals surface area (Å²) in [6, 6.07) is 11.2. The van der Waals surface area contributed by atoms with Gasteiger partial charge in [-0.05, 0) is 31.2 Å². The second-order valence-corrected chi connectivity index (χ2v) is 6.33. The largest absolute Gasteiger partial charge is 0.456 e. The number of thiazole rings is 1. The molecule has 2 heterocycles. The first-order chi connectivity index (χ1) is 11.6. The fourth-order valence-electron chi connectivity index (χ4n) is 1.91. The molecule has 0 bridgehead atoms. The van der Waals surface area contributed by atoms with Crippen molar-refractivity contribution in [1.82, 2.24) is 9.97 Å². The Morgan fingerprint density at radius 2 is 2.04 bits per heavy atom. The molecule has 0 fully saturated rings. The van der Waals surface area contributed by atoms with Crippen molar-refractivity contribution in [2.45, 2.75) is 13.5 Å². The molecule has 0 amide bonds. The highest BCUT2D eigenvalue weighted by molar-refractivity contribution is 7.13. The summed E-state index contributed by atoms with van der Waals surface area (Å²) in [5.41, 5.74) is 3.20. The number of nitrogens with one attached hydrogen (secondary N) is 1. The smallest absolute Gasteiger partial charge is 0.340 e. The van der Waals surface area contributed by atoms with Gasteiger partial charge < -0.3 is 10.1 Å². The van der Waals surface area contributed by atoms with E-state index in [1.165, 1.54) is 23.1 Å². The third kappa shape index (κ3) is 4.31. The molecule has 1 N–H and O–H groups in total. The number of ether oxygens (including phenoxy) is 1. The van der Waals surface area contributed by atoms with Crippen molar-refractivity contribution in [3.05, 3.63) is 69.9 Å². The van der Waals surface area contributed by atoms with Gasteiger partial charge in [0.05, 0.1) is 11.3 Å². The first-order valence-corrected chi connectivity index (χ1v) is 8.43. The van der Waals surface area contributed by atoms with E-state index in [2.05, 4.69) is 15.3 Å². The zero-order chi connectivity index (χ0) is 16.9. The molecule has 2 aromatic heterocycles. The number of halogens is 1. The maximum Gasteiger partial charge on any atom is 0.340 e. The lowest BCUT2D eigenvalue weighted by atomic mass is 10.2. The van der Waals surface area contributed by atoms with Crippen LogP contribution in [0.5, 0.6) is 0 Å². The maximum absolute atomic E-state index is 11.9.